The summed E-state index contributed by atoms with van der Waals surface area (Å²) in [6.45, 7) is 17.1. The molecule has 0 bridgehead atoms. The fourth-order valence-electron chi connectivity index (χ4n) is 4.52. The Kier molecular flexibility index (Phi) is 7.29. The molecule has 1 aromatic heterocycles. The zero-order chi connectivity index (χ0) is 21.8. The fraction of sp³-hybridized carbons (Fsp3) is 0.625. The van der Waals surface area contributed by atoms with Gasteiger partial charge in [0.1, 0.15) is 5.71 Å². The van der Waals surface area contributed by atoms with E-state index in [0.717, 1.165) is 54.9 Å². The first kappa shape index (κ1) is 22.5. The molecule has 0 amide bonds. The van der Waals surface area contributed by atoms with Crippen molar-refractivity contribution in [2.75, 3.05) is 13.1 Å². The van der Waals surface area contributed by atoms with Gasteiger partial charge in [0.05, 0.1) is 35.7 Å². The van der Waals surface area contributed by atoms with Gasteiger partial charge in [-0.3, -0.25) is 14.7 Å². The molecule has 2 aliphatic heterocycles. The van der Waals surface area contributed by atoms with Gasteiger partial charge < -0.3 is 10.6 Å². The summed E-state index contributed by atoms with van der Waals surface area (Å²) >= 11 is 0. The van der Waals surface area contributed by atoms with Crippen molar-refractivity contribution >= 4 is 17.0 Å². The topological polar surface area (TPSA) is 71.8 Å². The summed E-state index contributed by atoms with van der Waals surface area (Å²) in [4.78, 5) is 12.4. The van der Waals surface area contributed by atoms with Crippen molar-refractivity contribution in [1.29, 1.82) is 0 Å². The predicted molar refractivity (Wildman–Crippen MR) is 127 cm³/mol. The Morgan fingerprint density at radius 2 is 1.97 bits per heavy atom. The smallest absolute Gasteiger partial charge is 0.106 e. The van der Waals surface area contributed by atoms with Crippen molar-refractivity contribution in [3.63, 3.8) is 0 Å². The molecule has 0 aromatic carbocycles. The molecule has 3 heterocycles. The van der Waals surface area contributed by atoms with Crippen molar-refractivity contribution in [3.05, 3.63) is 36.3 Å². The third-order valence-electron chi connectivity index (χ3n) is 6.67. The van der Waals surface area contributed by atoms with Crippen molar-refractivity contribution < 1.29 is 0 Å². The molecule has 30 heavy (non-hydrogen) atoms. The number of piperidine rings is 1. The van der Waals surface area contributed by atoms with Crippen LogP contribution in [0.25, 0.3) is 5.57 Å². The molecule has 2 N–H and O–H groups in total. The van der Waals surface area contributed by atoms with Crippen molar-refractivity contribution in [2.45, 2.75) is 84.5 Å². The summed E-state index contributed by atoms with van der Waals surface area (Å²) in [5.41, 5.74) is 10.2. The second-order valence-corrected chi connectivity index (χ2v) is 8.63. The Bertz CT molecular complexity index is 838. The number of hydrogen-bond donors (Lipinski definition) is 1. The third kappa shape index (κ3) is 4.59. The minimum Gasteiger partial charge on any atom is -0.397 e. The van der Waals surface area contributed by atoms with E-state index in [1.807, 2.05) is 13.1 Å². The minimum absolute atomic E-state index is 0.128. The number of nitrogens with two attached hydrogens (primary N) is 1. The number of hydrogen-bond acceptors (Lipinski definition) is 5. The van der Waals surface area contributed by atoms with Crippen molar-refractivity contribution in [2.24, 2.45) is 15.7 Å². The SMILES string of the molecule is C=C(N)C1=NC(CC)C(C)N=C1/C(=C\C)c1cnn(C2CCN(C(C)CC)CC2)c1. The molecule has 3 rings (SSSR count). The molecular formula is C24H38N6. The van der Waals surface area contributed by atoms with Gasteiger partial charge in [-0.05, 0) is 46.5 Å². The lowest BCUT2D eigenvalue weighted by atomic mass is 9.95. The Hall–Kier alpha value is -2.21. The molecule has 1 saturated heterocycles. The van der Waals surface area contributed by atoms with Crippen LogP contribution in [-0.2, 0) is 0 Å². The van der Waals surface area contributed by atoms with E-state index in [9.17, 15) is 0 Å². The summed E-state index contributed by atoms with van der Waals surface area (Å²) < 4.78 is 2.14. The molecule has 164 valence electrons. The molecule has 6 nitrogen and oxygen atoms in total. The highest BCUT2D eigenvalue weighted by atomic mass is 15.3. The van der Waals surface area contributed by atoms with Crippen LogP contribution in [0, 0.1) is 0 Å². The molecule has 3 unspecified atom stereocenters. The Morgan fingerprint density at radius 1 is 1.27 bits per heavy atom. The highest BCUT2D eigenvalue weighted by Crippen LogP contribution is 2.28. The van der Waals surface area contributed by atoms with Crippen LogP contribution in [0.3, 0.4) is 0 Å². The normalized spacial score (nSPS) is 25.0. The zero-order valence-electron chi connectivity index (χ0n) is 19.3. The maximum absolute atomic E-state index is 6.10. The van der Waals surface area contributed by atoms with Gasteiger partial charge in [-0.25, -0.2) is 0 Å². The van der Waals surface area contributed by atoms with E-state index in [1.54, 1.807) is 0 Å². The quantitative estimate of drug-likeness (QED) is 0.730. The second kappa shape index (κ2) is 9.73. The lowest BCUT2D eigenvalue weighted by Gasteiger charge is -2.35. The number of aliphatic imine (C=N–C) groups is 2. The molecule has 2 aliphatic rings. The van der Waals surface area contributed by atoms with Crippen LogP contribution in [-0.4, -0.2) is 57.3 Å². The highest BCUT2D eigenvalue weighted by molar-refractivity contribution is 6.62. The van der Waals surface area contributed by atoms with Gasteiger partial charge in [0.25, 0.3) is 0 Å². The van der Waals surface area contributed by atoms with Gasteiger partial charge >= 0.3 is 0 Å². The minimum atomic E-state index is 0.128. The average Bonchev–Trinajstić information content (AvgIpc) is 3.23. The molecule has 0 aliphatic carbocycles. The van der Waals surface area contributed by atoms with Crippen LogP contribution in [0.2, 0.25) is 0 Å². The lowest BCUT2D eigenvalue weighted by molar-refractivity contribution is 0.136. The monoisotopic (exact) mass is 410 g/mol. The Morgan fingerprint density at radius 3 is 2.53 bits per heavy atom. The predicted octanol–water partition coefficient (Wildman–Crippen LogP) is 4.26. The van der Waals surface area contributed by atoms with Crippen molar-refractivity contribution in [1.82, 2.24) is 14.7 Å². The van der Waals surface area contributed by atoms with Gasteiger partial charge in [-0.1, -0.05) is 26.5 Å². The molecular weight excluding hydrogens is 372 g/mol. The first-order chi connectivity index (χ1) is 14.4. The van der Waals surface area contributed by atoms with E-state index in [0.29, 0.717) is 17.8 Å². The number of nitrogens with zero attached hydrogens (tertiary/aromatic N) is 5. The number of likely N-dealkylation sites (tertiary alicyclic amines) is 1. The van der Waals surface area contributed by atoms with Crippen LogP contribution in [0.5, 0.6) is 0 Å². The molecule has 1 aromatic rings. The van der Waals surface area contributed by atoms with E-state index in [-0.39, 0.29) is 12.1 Å². The maximum Gasteiger partial charge on any atom is 0.106 e. The van der Waals surface area contributed by atoms with Crippen LogP contribution in [0.1, 0.15) is 71.9 Å². The second-order valence-electron chi connectivity index (χ2n) is 8.63. The van der Waals surface area contributed by atoms with Crippen LogP contribution < -0.4 is 5.73 Å². The number of aromatic nitrogens is 2. The van der Waals surface area contributed by atoms with Gasteiger partial charge in [-0.2, -0.15) is 5.10 Å². The summed E-state index contributed by atoms with van der Waals surface area (Å²) in [6.07, 6.45) is 10.6. The number of rotatable bonds is 7. The first-order valence-electron chi connectivity index (χ1n) is 11.4. The van der Waals surface area contributed by atoms with E-state index in [2.05, 4.69) is 56.1 Å². The van der Waals surface area contributed by atoms with Crippen LogP contribution in [0.15, 0.2) is 40.7 Å². The fourth-order valence-corrected chi connectivity index (χ4v) is 4.52. The average molecular weight is 411 g/mol. The zero-order valence-corrected chi connectivity index (χ0v) is 19.3. The van der Waals surface area contributed by atoms with E-state index >= 15 is 0 Å². The van der Waals surface area contributed by atoms with Gasteiger partial charge in [0, 0.05) is 36.5 Å². The highest BCUT2D eigenvalue weighted by Gasteiger charge is 2.28. The molecule has 1 fully saturated rings. The first-order valence-corrected chi connectivity index (χ1v) is 11.4. The van der Waals surface area contributed by atoms with E-state index in [4.69, 9.17) is 20.8 Å². The van der Waals surface area contributed by atoms with Crippen LogP contribution in [0.4, 0.5) is 0 Å². The maximum atomic E-state index is 6.10. The lowest BCUT2D eigenvalue weighted by Crippen LogP contribution is -2.40. The Balaban J connectivity index is 1.80. The molecule has 0 spiro atoms. The molecule has 3 atom stereocenters. The van der Waals surface area contributed by atoms with E-state index < -0.39 is 0 Å². The largest absolute Gasteiger partial charge is 0.397 e. The van der Waals surface area contributed by atoms with E-state index in [1.165, 1.54) is 6.42 Å². The van der Waals surface area contributed by atoms with Gasteiger partial charge in [-0.15, -0.1) is 0 Å². The van der Waals surface area contributed by atoms with Gasteiger partial charge in [0.2, 0.25) is 0 Å². The van der Waals surface area contributed by atoms with Gasteiger partial charge in [0.15, 0.2) is 0 Å². The summed E-state index contributed by atoms with van der Waals surface area (Å²) in [7, 11) is 0. The molecule has 0 radical (unpaired) electrons. The Labute approximate surface area is 181 Å². The van der Waals surface area contributed by atoms with Crippen LogP contribution >= 0.6 is 0 Å². The third-order valence-corrected chi connectivity index (χ3v) is 6.67. The molecule has 0 saturated carbocycles. The summed E-state index contributed by atoms with van der Waals surface area (Å²) in [6, 6.07) is 1.39. The van der Waals surface area contributed by atoms with Crippen molar-refractivity contribution in [3.8, 4) is 0 Å². The molecule has 6 heteroatoms. The number of allylic oxidation sites excluding steroid dienone is 3. The standard InChI is InChI=1S/C24H38N6/c1-7-16(4)29-12-10-20(11-13-29)30-15-19(14-26-30)21(8-2)24-23(17(5)25)28-22(9-3)18(6)27-24/h8,14-16,18,20,22H,5,7,9-13,25H2,1-4,6H3/b21-8-. The summed E-state index contributed by atoms with van der Waals surface area (Å²) in [5, 5.41) is 4.72. The summed E-state index contributed by atoms with van der Waals surface area (Å²) in [5.74, 6) is 0.